The molecule has 1 aromatic carbocycles. The van der Waals surface area contributed by atoms with Gasteiger partial charge in [0.1, 0.15) is 17.6 Å². The van der Waals surface area contributed by atoms with Crippen LogP contribution in [0.5, 0.6) is 11.5 Å². The highest BCUT2D eigenvalue weighted by Gasteiger charge is 2.17. The lowest BCUT2D eigenvalue weighted by molar-refractivity contribution is 0.179. The Morgan fingerprint density at radius 2 is 2.12 bits per heavy atom. The predicted molar refractivity (Wildman–Crippen MR) is 68.4 cm³/mol. The second kappa shape index (κ2) is 5.92. The molecular weight excluding hydrogens is 214 g/mol. The van der Waals surface area contributed by atoms with E-state index in [0.717, 1.165) is 24.0 Å². The minimum atomic E-state index is 0.0388. The Bertz CT molecular complexity index is 350. The topological polar surface area (TPSA) is 44.5 Å². The van der Waals surface area contributed by atoms with Gasteiger partial charge in [0, 0.05) is 12.6 Å². The van der Waals surface area contributed by atoms with Gasteiger partial charge < -0.3 is 15.2 Å². The normalized spacial score (nSPS) is 17.3. The van der Waals surface area contributed by atoms with Crippen molar-refractivity contribution in [1.29, 1.82) is 0 Å². The second-order valence-corrected chi connectivity index (χ2v) is 4.75. The van der Waals surface area contributed by atoms with Gasteiger partial charge in [-0.25, -0.2) is 0 Å². The minimum Gasteiger partial charge on any atom is -0.493 e. The Morgan fingerprint density at radius 3 is 2.76 bits per heavy atom. The Morgan fingerprint density at radius 1 is 1.35 bits per heavy atom. The number of hydrogen-bond donors (Lipinski definition) is 1. The summed E-state index contributed by atoms with van der Waals surface area (Å²) in [6, 6.07) is 7.79. The van der Waals surface area contributed by atoms with Gasteiger partial charge in [0.05, 0.1) is 6.61 Å². The third-order valence-electron chi connectivity index (χ3n) is 3.19. The largest absolute Gasteiger partial charge is 0.493 e. The first kappa shape index (κ1) is 12.2. The first-order valence-electron chi connectivity index (χ1n) is 6.37. The average Bonchev–Trinajstić information content (AvgIpc) is 2.27. The third kappa shape index (κ3) is 3.63. The zero-order chi connectivity index (χ0) is 12.1. The van der Waals surface area contributed by atoms with Gasteiger partial charge in [-0.2, -0.15) is 0 Å². The lowest BCUT2D eigenvalue weighted by Crippen LogP contribution is -2.22. The van der Waals surface area contributed by atoms with E-state index in [4.69, 9.17) is 15.2 Å². The van der Waals surface area contributed by atoms with Gasteiger partial charge in [-0.05, 0) is 37.8 Å². The van der Waals surface area contributed by atoms with E-state index in [-0.39, 0.29) is 6.10 Å². The standard InChI is InChI=1S/C14H21NO2/c1-11(9-15)17-14-7-3-6-13(8-14)16-10-12-4-2-5-12/h3,6-8,11-12H,2,4-5,9-10,15H2,1H3/t11-/m1/s1. The van der Waals surface area contributed by atoms with E-state index in [1.165, 1.54) is 19.3 Å². The van der Waals surface area contributed by atoms with Crippen molar-refractivity contribution in [3.8, 4) is 11.5 Å². The predicted octanol–water partition coefficient (Wildman–Crippen LogP) is 2.59. The Hall–Kier alpha value is -1.22. The van der Waals surface area contributed by atoms with Gasteiger partial charge in [0.2, 0.25) is 0 Å². The quantitative estimate of drug-likeness (QED) is 0.824. The molecule has 3 nitrogen and oxygen atoms in total. The maximum atomic E-state index is 5.75. The molecule has 0 saturated heterocycles. The molecule has 0 bridgehead atoms. The monoisotopic (exact) mass is 235 g/mol. The highest BCUT2D eigenvalue weighted by Crippen LogP contribution is 2.28. The Kier molecular flexibility index (Phi) is 4.26. The summed E-state index contributed by atoms with van der Waals surface area (Å²) < 4.78 is 11.4. The first-order chi connectivity index (χ1) is 8.28. The van der Waals surface area contributed by atoms with Crippen LogP contribution in [0.3, 0.4) is 0 Å². The molecule has 1 atom stereocenters. The SMILES string of the molecule is C[C@H](CN)Oc1cccc(OCC2CCC2)c1. The number of nitrogens with two attached hydrogens (primary N) is 1. The fourth-order valence-corrected chi connectivity index (χ4v) is 1.79. The summed E-state index contributed by atoms with van der Waals surface area (Å²) in [6.45, 7) is 3.31. The number of rotatable bonds is 6. The molecule has 0 aliphatic heterocycles. The summed E-state index contributed by atoms with van der Waals surface area (Å²) in [5.74, 6) is 2.47. The maximum Gasteiger partial charge on any atom is 0.123 e. The van der Waals surface area contributed by atoms with Crippen molar-refractivity contribution in [2.45, 2.75) is 32.3 Å². The van der Waals surface area contributed by atoms with Crippen molar-refractivity contribution in [2.75, 3.05) is 13.2 Å². The molecule has 2 rings (SSSR count). The fourth-order valence-electron chi connectivity index (χ4n) is 1.79. The molecule has 94 valence electrons. The fraction of sp³-hybridized carbons (Fsp3) is 0.571. The van der Waals surface area contributed by atoms with Crippen LogP contribution in [0.1, 0.15) is 26.2 Å². The van der Waals surface area contributed by atoms with Crippen molar-refractivity contribution in [2.24, 2.45) is 11.7 Å². The molecule has 0 aromatic heterocycles. The molecular formula is C14H21NO2. The van der Waals surface area contributed by atoms with E-state index in [1.54, 1.807) is 0 Å². The van der Waals surface area contributed by atoms with E-state index < -0.39 is 0 Å². The van der Waals surface area contributed by atoms with E-state index in [1.807, 2.05) is 31.2 Å². The summed E-state index contributed by atoms with van der Waals surface area (Å²) in [6.07, 6.45) is 4.00. The minimum absolute atomic E-state index is 0.0388. The van der Waals surface area contributed by atoms with Crippen LogP contribution in [-0.4, -0.2) is 19.3 Å². The summed E-state index contributed by atoms with van der Waals surface area (Å²) in [4.78, 5) is 0. The van der Waals surface area contributed by atoms with Crippen molar-refractivity contribution >= 4 is 0 Å². The molecule has 1 saturated carbocycles. The van der Waals surface area contributed by atoms with Crippen molar-refractivity contribution < 1.29 is 9.47 Å². The molecule has 1 aliphatic rings. The van der Waals surface area contributed by atoms with Crippen molar-refractivity contribution in [3.63, 3.8) is 0 Å². The number of benzene rings is 1. The van der Waals surface area contributed by atoms with E-state index in [0.29, 0.717) is 6.54 Å². The van der Waals surface area contributed by atoms with Crippen LogP contribution in [-0.2, 0) is 0 Å². The molecule has 3 heteroatoms. The van der Waals surface area contributed by atoms with E-state index >= 15 is 0 Å². The van der Waals surface area contributed by atoms with Crippen LogP contribution in [0.25, 0.3) is 0 Å². The molecule has 0 heterocycles. The summed E-state index contributed by atoms with van der Waals surface area (Å²) in [5.41, 5.74) is 5.53. The van der Waals surface area contributed by atoms with E-state index in [9.17, 15) is 0 Å². The molecule has 0 amide bonds. The third-order valence-corrected chi connectivity index (χ3v) is 3.19. The summed E-state index contributed by atoms with van der Waals surface area (Å²) in [7, 11) is 0. The van der Waals surface area contributed by atoms with Gasteiger partial charge in [0.15, 0.2) is 0 Å². The van der Waals surface area contributed by atoms with Gasteiger partial charge >= 0.3 is 0 Å². The van der Waals surface area contributed by atoms with E-state index in [2.05, 4.69) is 0 Å². The van der Waals surface area contributed by atoms with Crippen LogP contribution in [0.4, 0.5) is 0 Å². The van der Waals surface area contributed by atoms with Crippen molar-refractivity contribution in [3.05, 3.63) is 24.3 Å². The van der Waals surface area contributed by atoms with Crippen LogP contribution in [0, 0.1) is 5.92 Å². The molecule has 0 spiro atoms. The van der Waals surface area contributed by atoms with Gasteiger partial charge in [-0.3, -0.25) is 0 Å². The van der Waals surface area contributed by atoms with Crippen LogP contribution in [0.2, 0.25) is 0 Å². The van der Waals surface area contributed by atoms with Crippen LogP contribution < -0.4 is 15.2 Å². The highest BCUT2D eigenvalue weighted by molar-refractivity contribution is 5.33. The lowest BCUT2D eigenvalue weighted by Gasteiger charge is -2.25. The smallest absolute Gasteiger partial charge is 0.123 e. The maximum absolute atomic E-state index is 5.75. The van der Waals surface area contributed by atoms with Crippen LogP contribution in [0.15, 0.2) is 24.3 Å². The molecule has 17 heavy (non-hydrogen) atoms. The molecule has 2 N–H and O–H groups in total. The number of hydrogen-bond acceptors (Lipinski definition) is 3. The summed E-state index contributed by atoms with van der Waals surface area (Å²) >= 11 is 0. The van der Waals surface area contributed by atoms with Gasteiger partial charge in [0.25, 0.3) is 0 Å². The molecule has 0 unspecified atom stereocenters. The average molecular weight is 235 g/mol. The Balaban J connectivity index is 1.86. The second-order valence-electron chi connectivity index (χ2n) is 4.75. The van der Waals surface area contributed by atoms with Crippen molar-refractivity contribution in [1.82, 2.24) is 0 Å². The zero-order valence-electron chi connectivity index (χ0n) is 10.4. The molecule has 1 aliphatic carbocycles. The van der Waals surface area contributed by atoms with Crippen LogP contribution >= 0.6 is 0 Å². The zero-order valence-corrected chi connectivity index (χ0v) is 10.4. The molecule has 1 aromatic rings. The number of ether oxygens (including phenoxy) is 2. The molecule has 0 radical (unpaired) electrons. The van der Waals surface area contributed by atoms with Gasteiger partial charge in [-0.15, -0.1) is 0 Å². The lowest BCUT2D eigenvalue weighted by atomic mass is 9.86. The molecule has 1 fully saturated rings. The first-order valence-corrected chi connectivity index (χ1v) is 6.37. The highest BCUT2D eigenvalue weighted by atomic mass is 16.5. The Labute approximate surface area is 103 Å². The van der Waals surface area contributed by atoms with Gasteiger partial charge in [-0.1, -0.05) is 12.5 Å². The summed E-state index contributed by atoms with van der Waals surface area (Å²) in [5, 5.41) is 0.